The number of alkyl halides is 3. The van der Waals surface area contributed by atoms with E-state index in [1.54, 1.807) is 13.1 Å². The molecule has 1 saturated heterocycles. The topological polar surface area (TPSA) is 39.7 Å². The summed E-state index contributed by atoms with van der Waals surface area (Å²) in [6.07, 6.45) is -4.32. The van der Waals surface area contributed by atoms with Gasteiger partial charge in [0, 0.05) is 38.8 Å². The van der Waals surface area contributed by atoms with Crippen LogP contribution in [0, 0.1) is 5.92 Å². The molecule has 2 unspecified atom stereocenters. The number of likely N-dealkylation sites (tertiary alicyclic amines) is 1. The maximum atomic E-state index is 12.8. The van der Waals surface area contributed by atoms with E-state index in [1.165, 1.54) is 12.1 Å². The molecule has 0 aromatic heterocycles. The van der Waals surface area contributed by atoms with Gasteiger partial charge in [-0.2, -0.15) is 13.2 Å². The van der Waals surface area contributed by atoms with Gasteiger partial charge in [-0.3, -0.25) is 9.89 Å². The number of guanidine groups is 1. The Hall–Kier alpha value is -1.76. The SMILES string of the molecule is CN=C(NCc1cccc(C(F)(F)F)c1)NC1CN(C(C)C)CC1C. The Morgan fingerprint density at radius 1 is 1.32 bits per heavy atom. The summed E-state index contributed by atoms with van der Waals surface area (Å²) in [5.41, 5.74) is -0.0622. The number of nitrogens with zero attached hydrogens (tertiary/aromatic N) is 2. The van der Waals surface area contributed by atoms with Gasteiger partial charge < -0.3 is 10.6 Å². The Kier molecular flexibility index (Phi) is 6.32. The van der Waals surface area contributed by atoms with Crippen LogP contribution in [0.3, 0.4) is 0 Å². The Morgan fingerprint density at radius 3 is 2.60 bits per heavy atom. The zero-order valence-electron chi connectivity index (χ0n) is 15.2. The fraction of sp³-hybridized carbons (Fsp3) is 0.611. The molecule has 0 radical (unpaired) electrons. The van der Waals surface area contributed by atoms with Gasteiger partial charge in [0.25, 0.3) is 0 Å². The van der Waals surface area contributed by atoms with Gasteiger partial charge in [-0.05, 0) is 37.5 Å². The monoisotopic (exact) mass is 356 g/mol. The third kappa shape index (κ3) is 5.36. The molecular formula is C18H27F3N4. The molecule has 1 aromatic rings. The number of halogens is 3. The lowest BCUT2D eigenvalue weighted by atomic mass is 10.1. The Balaban J connectivity index is 1.93. The van der Waals surface area contributed by atoms with Crippen LogP contribution < -0.4 is 10.6 Å². The predicted octanol–water partition coefficient (Wildman–Crippen LogP) is 3.10. The minimum absolute atomic E-state index is 0.273. The first kappa shape index (κ1) is 19.6. The summed E-state index contributed by atoms with van der Waals surface area (Å²) in [6.45, 7) is 8.80. The molecule has 2 rings (SSSR count). The quantitative estimate of drug-likeness (QED) is 0.643. The van der Waals surface area contributed by atoms with E-state index >= 15 is 0 Å². The van der Waals surface area contributed by atoms with Crippen LogP contribution in [-0.2, 0) is 12.7 Å². The minimum atomic E-state index is -4.32. The summed E-state index contributed by atoms with van der Waals surface area (Å²) in [5.74, 6) is 1.09. The first-order valence-electron chi connectivity index (χ1n) is 8.58. The van der Waals surface area contributed by atoms with Crippen molar-refractivity contribution in [2.24, 2.45) is 10.9 Å². The van der Waals surface area contributed by atoms with Crippen molar-refractivity contribution >= 4 is 5.96 Å². The van der Waals surface area contributed by atoms with E-state index in [4.69, 9.17) is 0 Å². The van der Waals surface area contributed by atoms with E-state index in [0.29, 0.717) is 30.0 Å². The zero-order valence-corrected chi connectivity index (χ0v) is 15.2. The van der Waals surface area contributed by atoms with Gasteiger partial charge in [0.2, 0.25) is 0 Å². The third-order valence-corrected chi connectivity index (χ3v) is 4.63. The smallest absolute Gasteiger partial charge is 0.352 e. The molecule has 0 bridgehead atoms. The fourth-order valence-corrected chi connectivity index (χ4v) is 3.03. The van der Waals surface area contributed by atoms with Crippen LogP contribution in [0.25, 0.3) is 0 Å². The van der Waals surface area contributed by atoms with Crippen LogP contribution in [-0.4, -0.2) is 43.1 Å². The third-order valence-electron chi connectivity index (χ3n) is 4.63. The van der Waals surface area contributed by atoms with Crippen LogP contribution in [0.4, 0.5) is 13.2 Å². The van der Waals surface area contributed by atoms with Crippen molar-refractivity contribution in [2.75, 3.05) is 20.1 Å². The predicted molar refractivity (Wildman–Crippen MR) is 94.4 cm³/mol. The highest BCUT2D eigenvalue weighted by atomic mass is 19.4. The van der Waals surface area contributed by atoms with Crippen LogP contribution in [0.1, 0.15) is 31.9 Å². The van der Waals surface area contributed by atoms with Crippen molar-refractivity contribution in [1.82, 2.24) is 15.5 Å². The molecule has 25 heavy (non-hydrogen) atoms. The van der Waals surface area contributed by atoms with Crippen molar-refractivity contribution in [3.63, 3.8) is 0 Å². The van der Waals surface area contributed by atoms with Gasteiger partial charge in [0.1, 0.15) is 0 Å². The highest BCUT2D eigenvalue weighted by Crippen LogP contribution is 2.29. The molecule has 0 aliphatic carbocycles. The van der Waals surface area contributed by atoms with Crippen molar-refractivity contribution < 1.29 is 13.2 Å². The summed E-state index contributed by atoms with van der Waals surface area (Å²) >= 11 is 0. The molecule has 140 valence electrons. The van der Waals surface area contributed by atoms with Gasteiger partial charge in [0.15, 0.2) is 5.96 Å². The molecule has 0 spiro atoms. The first-order chi connectivity index (χ1) is 11.7. The average molecular weight is 356 g/mol. The maximum Gasteiger partial charge on any atom is 0.416 e. The molecule has 1 aliphatic heterocycles. The number of aliphatic imine (C=N–C) groups is 1. The van der Waals surface area contributed by atoms with Gasteiger partial charge in [-0.25, -0.2) is 0 Å². The highest BCUT2D eigenvalue weighted by molar-refractivity contribution is 5.80. The van der Waals surface area contributed by atoms with E-state index in [9.17, 15) is 13.2 Å². The molecule has 1 fully saturated rings. The summed E-state index contributed by atoms with van der Waals surface area (Å²) in [4.78, 5) is 6.60. The lowest BCUT2D eigenvalue weighted by molar-refractivity contribution is -0.137. The molecule has 0 saturated carbocycles. The van der Waals surface area contributed by atoms with Crippen molar-refractivity contribution in [1.29, 1.82) is 0 Å². The van der Waals surface area contributed by atoms with Crippen molar-refractivity contribution in [3.05, 3.63) is 35.4 Å². The second-order valence-electron chi connectivity index (χ2n) is 6.90. The zero-order chi connectivity index (χ0) is 18.6. The van der Waals surface area contributed by atoms with Gasteiger partial charge >= 0.3 is 6.18 Å². The summed E-state index contributed by atoms with van der Waals surface area (Å²) in [6, 6.07) is 6.12. The number of benzene rings is 1. The number of hydrogen-bond donors (Lipinski definition) is 2. The van der Waals surface area contributed by atoms with Crippen LogP contribution in [0.15, 0.2) is 29.3 Å². The van der Waals surface area contributed by atoms with Crippen LogP contribution in [0.5, 0.6) is 0 Å². The van der Waals surface area contributed by atoms with E-state index < -0.39 is 11.7 Å². The highest BCUT2D eigenvalue weighted by Gasteiger charge is 2.32. The van der Waals surface area contributed by atoms with E-state index in [2.05, 4.69) is 41.3 Å². The molecule has 2 N–H and O–H groups in total. The standard InChI is InChI=1S/C18H27F3N4/c1-12(2)25-10-13(3)16(11-25)24-17(22-4)23-9-14-6-5-7-15(8-14)18(19,20)21/h5-8,12-13,16H,9-11H2,1-4H3,(H2,22,23,24). The Morgan fingerprint density at radius 2 is 2.04 bits per heavy atom. The Labute approximate surface area is 147 Å². The van der Waals surface area contributed by atoms with Crippen LogP contribution >= 0.6 is 0 Å². The molecule has 1 aromatic carbocycles. The molecule has 4 nitrogen and oxygen atoms in total. The van der Waals surface area contributed by atoms with E-state index in [1.807, 2.05) is 0 Å². The summed E-state index contributed by atoms with van der Waals surface area (Å²) < 4.78 is 38.4. The summed E-state index contributed by atoms with van der Waals surface area (Å²) in [7, 11) is 1.67. The first-order valence-corrected chi connectivity index (χ1v) is 8.58. The van der Waals surface area contributed by atoms with E-state index in [0.717, 1.165) is 19.2 Å². The Bertz CT molecular complexity index is 598. The van der Waals surface area contributed by atoms with Gasteiger partial charge in [-0.1, -0.05) is 19.1 Å². The molecule has 7 heteroatoms. The fourth-order valence-electron chi connectivity index (χ4n) is 3.03. The number of hydrogen-bond acceptors (Lipinski definition) is 2. The summed E-state index contributed by atoms with van der Waals surface area (Å²) in [5, 5.41) is 6.50. The number of nitrogens with one attached hydrogen (secondary N) is 2. The maximum absolute atomic E-state index is 12.8. The minimum Gasteiger partial charge on any atom is -0.352 e. The molecule has 1 heterocycles. The molecule has 0 amide bonds. The lowest BCUT2D eigenvalue weighted by Gasteiger charge is -2.22. The second kappa shape index (κ2) is 8.08. The van der Waals surface area contributed by atoms with Crippen molar-refractivity contribution in [2.45, 2.75) is 45.6 Å². The van der Waals surface area contributed by atoms with Gasteiger partial charge in [-0.15, -0.1) is 0 Å². The lowest BCUT2D eigenvalue weighted by Crippen LogP contribution is -2.46. The second-order valence-corrected chi connectivity index (χ2v) is 6.90. The van der Waals surface area contributed by atoms with Crippen molar-refractivity contribution in [3.8, 4) is 0 Å². The number of rotatable bonds is 4. The average Bonchev–Trinajstić information content (AvgIpc) is 2.92. The van der Waals surface area contributed by atoms with E-state index in [-0.39, 0.29) is 6.04 Å². The molecule has 2 atom stereocenters. The molecular weight excluding hydrogens is 329 g/mol. The normalized spacial score (nSPS) is 22.5. The molecule has 1 aliphatic rings. The van der Waals surface area contributed by atoms with Gasteiger partial charge in [0.05, 0.1) is 5.56 Å². The largest absolute Gasteiger partial charge is 0.416 e. The van der Waals surface area contributed by atoms with Crippen LogP contribution in [0.2, 0.25) is 0 Å².